The van der Waals surface area contributed by atoms with Crippen molar-refractivity contribution in [2.75, 3.05) is 29.9 Å². The molecule has 0 saturated carbocycles. The first kappa shape index (κ1) is 14.4. The Bertz CT molecular complexity index is 550. The Hall–Kier alpha value is -1.59. The van der Waals surface area contributed by atoms with E-state index in [1.165, 1.54) is 5.56 Å². The summed E-state index contributed by atoms with van der Waals surface area (Å²) < 4.78 is 0. The monoisotopic (exact) mass is 303 g/mol. The number of hydrogen-bond acceptors (Lipinski definition) is 5. The van der Waals surface area contributed by atoms with Crippen LogP contribution in [0.25, 0.3) is 0 Å². The predicted molar refractivity (Wildman–Crippen MR) is 87.9 cm³/mol. The second-order valence-corrected chi connectivity index (χ2v) is 6.25. The molecule has 2 N–H and O–H groups in total. The van der Waals surface area contributed by atoms with Gasteiger partial charge in [-0.2, -0.15) is 11.3 Å². The van der Waals surface area contributed by atoms with Crippen LogP contribution in [0.15, 0.2) is 35.2 Å². The van der Waals surface area contributed by atoms with Crippen LogP contribution in [-0.2, 0) is 6.54 Å². The normalized spacial score (nSPS) is 16.1. The molecule has 1 saturated heterocycles. The van der Waals surface area contributed by atoms with Gasteiger partial charge in [-0.3, -0.25) is 0 Å². The van der Waals surface area contributed by atoms with Gasteiger partial charge in [-0.05, 0) is 53.3 Å². The minimum absolute atomic E-state index is 0.305. The maximum Gasteiger partial charge on any atom is 0.151 e. The average Bonchev–Trinajstić information content (AvgIpc) is 3.07. The van der Waals surface area contributed by atoms with Gasteiger partial charge in [0.1, 0.15) is 0 Å². The highest BCUT2D eigenvalue weighted by Gasteiger charge is 2.21. The summed E-state index contributed by atoms with van der Waals surface area (Å²) in [4.78, 5) is 6.88. The Kier molecular flexibility index (Phi) is 4.72. The van der Waals surface area contributed by atoms with Crippen molar-refractivity contribution in [3.05, 3.63) is 40.7 Å². The predicted octanol–water partition coefficient (Wildman–Crippen LogP) is 2.96. The second-order valence-electron chi connectivity index (χ2n) is 5.47. The number of thiophene rings is 1. The van der Waals surface area contributed by atoms with Crippen molar-refractivity contribution in [3.8, 4) is 0 Å². The van der Waals surface area contributed by atoms with Gasteiger partial charge >= 0.3 is 0 Å². The number of aromatic nitrogens is 1. The number of nitrogens with zero attached hydrogens (tertiary/aromatic N) is 2. The quantitative estimate of drug-likeness (QED) is 0.891. The highest BCUT2D eigenvalue weighted by atomic mass is 32.1. The Morgan fingerprint density at radius 2 is 2.19 bits per heavy atom. The molecule has 3 heterocycles. The minimum atomic E-state index is 0.305. The van der Waals surface area contributed by atoms with Gasteiger partial charge in [0.2, 0.25) is 0 Å². The van der Waals surface area contributed by atoms with Crippen LogP contribution in [0.2, 0.25) is 0 Å². The molecular weight excluding hydrogens is 282 g/mol. The summed E-state index contributed by atoms with van der Waals surface area (Å²) in [6, 6.07) is 6.20. The van der Waals surface area contributed by atoms with E-state index >= 15 is 0 Å². The molecule has 1 aliphatic heterocycles. The Labute approximate surface area is 129 Å². The van der Waals surface area contributed by atoms with Crippen molar-refractivity contribution in [2.24, 2.45) is 5.92 Å². The first-order chi connectivity index (χ1) is 10.4. The Morgan fingerprint density at radius 1 is 1.33 bits per heavy atom. The molecule has 2 aromatic rings. The molecule has 112 valence electrons. The van der Waals surface area contributed by atoms with Crippen molar-refractivity contribution in [1.29, 1.82) is 0 Å². The summed E-state index contributed by atoms with van der Waals surface area (Å²) >= 11 is 1.72. The van der Waals surface area contributed by atoms with E-state index in [1.807, 2.05) is 12.3 Å². The highest BCUT2D eigenvalue weighted by Crippen LogP contribution is 2.28. The Morgan fingerprint density at radius 3 is 2.90 bits per heavy atom. The highest BCUT2D eigenvalue weighted by molar-refractivity contribution is 7.07. The molecule has 5 heteroatoms. The summed E-state index contributed by atoms with van der Waals surface area (Å²) in [7, 11) is 0. The van der Waals surface area contributed by atoms with E-state index in [1.54, 1.807) is 11.3 Å². The van der Waals surface area contributed by atoms with Gasteiger partial charge < -0.3 is 15.3 Å². The molecule has 0 aliphatic carbocycles. The van der Waals surface area contributed by atoms with E-state index in [0.717, 1.165) is 44.0 Å². The van der Waals surface area contributed by atoms with E-state index in [2.05, 4.69) is 38.1 Å². The minimum Gasteiger partial charge on any atom is -0.396 e. The smallest absolute Gasteiger partial charge is 0.151 e. The van der Waals surface area contributed by atoms with Gasteiger partial charge in [-0.1, -0.05) is 0 Å². The zero-order valence-corrected chi connectivity index (χ0v) is 12.9. The van der Waals surface area contributed by atoms with Crippen molar-refractivity contribution < 1.29 is 5.11 Å². The lowest BCUT2D eigenvalue weighted by molar-refractivity contribution is 0.203. The molecule has 0 aromatic carbocycles. The molecule has 2 aromatic heterocycles. The van der Waals surface area contributed by atoms with Gasteiger partial charge in [-0.25, -0.2) is 4.98 Å². The van der Waals surface area contributed by atoms with Gasteiger partial charge in [-0.15, -0.1) is 0 Å². The number of piperidine rings is 1. The van der Waals surface area contributed by atoms with Crippen molar-refractivity contribution in [1.82, 2.24) is 4.98 Å². The van der Waals surface area contributed by atoms with Crippen LogP contribution in [-0.4, -0.2) is 29.8 Å². The van der Waals surface area contributed by atoms with Crippen LogP contribution >= 0.6 is 11.3 Å². The van der Waals surface area contributed by atoms with Gasteiger partial charge in [0.15, 0.2) is 5.82 Å². The van der Waals surface area contributed by atoms with Crippen molar-refractivity contribution in [2.45, 2.75) is 19.4 Å². The lowest BCUT2D eigenvalue weighted by Gasteiger charge is -2.33. The van der Waals surface area contributed by atoms with Crippen LogP contribution in [0.3, 0.4) is 0 Å². The van der Waals surface area contributed by atoms with E-state index in [-0.39, 0.29) is 0 Å². The summed E-state index contributed by atoms with van der Waals surface area (Å²) in [5, 5.41) is 17.0. The molecule has 0 unspecified atom stereocenters. The number of nitrogens with one attached hydrogen (secondary N) is 1. The van der Waals surface area contributed by atoms with Crippen LogP contribution in [0.1, 0.15) is 18.4 Å². The molecule has 0 spiro atoms. The largest absolute Gasteiger partial charge is 0.396 e. The number of pyridine rings is 1. The summed E-state index contributed by atoms with van der Waals surface area (Å²) in [6.07, 6.45) is 3.93. The molecule has 0 radical (unpaired) electrons. The third-order valence-electron chi connectivity index (χ3n) is 4.02. The fourth-order valence-electron chi connectivity index (χ4n) is 2.70. The number of aliphatic hydroxyl groups is 1. The molecule has 1 fully saturated rings. The summed E-state index contributed by atoms with van der Waals surface area (Å²) in [6.45, 7) is 3.07. The molecule has 0 amide bonds. The molecule has 4 nitrogen and oxygen atoms in total. The topological polar surface area (TPSA) is 48.4 Å². The Balaban J connectivity index is 1.67. The fourth-order valence-corrected chi connectivity index (χ4v) is 3.37. The third-order valence-corrected chi connectivity index (χ3v) is 4.75. The first-order valence-electron chi connectivity index (χ1n) is 7.42. The van der Waals surface area contributed by atoms with E-state index in [4.69, 9.17) is 0 Å². The molecule has 3 rings (SSSR count). The average molecular weight is 303 g/mol. The zero-order valence-electron chi connectivity index (χ0n) is 12.0. The SMILES string of the molecule is OCC1CCN(c2ncccc2NCc2ccsc2)CC1. The maximum atomic E-state index is 9.25. The molecular formula is C16H21N3OS. The van der Waals surface area contributed by atoms with E-state index in [9.17, 15) is 5.11 Å². The fraction of sp³-hybridized carbons (Fsp3) is 0.438. The second kappa shape index (κ2) is 6.91. The maximum absolute atomic E-state index is 9.25. The lowest BCUT2D eigenvalue weighted by atomic mass is 9.98. The first-order valence-corrected chi connectivity index (χ1v) is 8.37. The number of rotatable bonds is 5. The third kappa shape index (κ3) is 3.54. The number of aliphatic hydroxyl groups excluding tert-OH is 1. The van der Waals surface area contributed by atoms with Crippen LogP contribution in [0.4, 0.5) is 11.5 Å². The van der Waals surface area contributed by atoms with Crippen molar-refractivity contribution in [3.63, 3.8) is 0 Å². The van der Waals surface area contributed by atoms with E-state index < -0.39 is 0 Å². The molecule has 1 aliphatic rings. The number of hydrogen-bond donors (Lipinski definition) is 2. The molecule has 0 bridgehead atoms. The lowest BCUT2D eigenvalue weighted by Crippen LogP contribution is -2.35. The van der Waals surface area contributed by atoms with Crippen LogP contribution in [0, 0.1) is 5.92 Å². The summed E-state index contributed by atoms with van der Waals surface area (Å²) in [5.41, 5.74) is 2.39. The van der Waals surface area contributed by atoms with Crippen molar-refractivity contribution >= 4 is 22.8 Å². The zero-order chi connectivity index (χ0) is 14.5. The van der Waals surface area contributed by atoms with Crippen LogP contribution < -0.4 is 10.2 Å². The molecule has 0 atom stereocenters. The van der Waals surface area contributed by atoms with Gasteiger partial charge in [0.25, 0.3) is 0 Å². The van der Waals surface area contributed by atoms with E-state index in [0.29, 0.717) is 12.5 Å². The summed E-state index contributed by atoms with van der Waals surface area (Å²) in [5.74, 6) is 1.48. The number of anilines is 2. The van der Waals surface area contributed by atoms with Crippen LogP contribution in [0.5, 0.6) is 0 Å². The van der Waals surface area contributed by atoms with Gasteiger partial charge in [0.05, 0.1) is 5.69 Å². The molecule has 21 heavy (non-hydrogen) atoms. The standard InChI is InChI=1S/C16H21N3OS/c20-11-13-3-7-19(8-4-13)16-15(2-1-6-17-16)18-10-14-5-9-21-12-14/h1-2,5-6,9,12-13,18,20H,3-4,7-8,10-11H2. The van der Waals surface area contributed by atoms with Gasteiger partial charge in [0, 0.05) is 32.4 Å².